The monoisotopic (exact) mass is 264 g/mol. The van der Waals surface area contributed by atoms with Gasteiger partial charge in [-0.15, -0.1) is 0 Å². The standard InChI is InChI=1S/C14H20N2O3/c1-14(2,9-17)15-12(18)10-6-5-7-11(8-10)13(19)16(3)4/h5-8,17H,9H2,1-4H3,(H,15,18). The zero-order valence-corrected chi connectivity index (χ0v) is 11.7. The Bertz CT molecular complexity index is 481. The molecule has 0 fully saturated rings. The fourth-order valence-corrected chi connectivity index (χ4v) is 1.47. The van der Waals surface area contributed by atoms with Gasteiger partial charge in [0.1, 0.15) is 0 Å². The van der Waals surface area contributed by atoms with Crippen LogP contribution in [0, 0.1) is 0 Å². The average molecular weight is 264 g/mol. The summed E-state index contributed by atoms with van der Waals surface area (Å²) in [6, 6.07) is 6.51. The van der Waals surface area contributed by atoms with E-state index < -0.39 is 5.54 Å². The molecule has 0 aliphatic rings. The number of carbonyl (C=O) groups excluding carboxylic acids is 2. The lowest BCUT2D eigenvalue weighted by atomic mass is 10.0. The number of hydrogen-bond donors (Lipinski definition) is 2. The van der Waals surface area contributed by atoms with Crippen LogP contribution in [0.4, 0.5) is 0 Å². The molecule has 5 heteroatoms. The molecule has 1 aromatic rings. The van der Waals surface area contributed by atoms with Gasteiger partial charge in [-0.25, -0.2) is 0 Å². The first kappa shape index (κ1) is 15.2. The van der Waals surface area contributed by atoms with Crippen LogP contribution in [-0.4, -0.2) is 48.1 Å². The molecular formula is C14H20N2O3. The third-order valence-corrected chi connectivity index (χ3v) is 2.63. The lowest BCUT2D eigenvalue weighted by Crippen LogP contribution is -2.46. The third kappa shape index (κ3) is 4.06. The molecule has 1 aromatic carbocycles. The number of hydrogen-bond acceptors (Lipinski definition) is 3. The van der Waals surface area contributed by atoms with Gasteiger partial charge in [0, 0.05) is 25.2 Å². The van der Waals surface area contributed by atoms with E-state index in [9.17, 15) is 9.59 Å². The molecule has 1 rings (SSSR count). The fourth-order valence-electron chi connectivity index (χ4n) is 1.47. The number of aliphatic hydroxyl groups excluding tert-OH is 1. The molecule has 0 aliphatic heterocycles. The summed E-state index contributed by atoms with van der Waals surface area (Å²) in [5.41, 5.74) is 0.159. The molecule has 104 valence electrons. The SMILES string of the molecule is CN(C)C(=O)c1cccc(C(=O)NC(C)(C)CO)c1. The second-order valence-electron chi connectivity index (χ2n) is 5.28. The van der Waals surface area contributed by atoms with Gasteiger partial charge in [0.05, 0.1) is 12.1 Å². The Morgan fingerprint density at radius 1 is 1.26 bits per heavy atom. The first-order chi connectivity index (χ1) is 8.76. The van der Waals surface area contributed by atoms with Gasteiger partial charge in [-0.3, -0.25) is 9.59 Å². The summed E-state index contributed by atoms with van der Waals surface area (Å²) in [7, 11) is 3.31. The number of nitrogens with zero attached hydrogens (tertiary/aromatic N) is 1. The Labute approximate surface area is 113 Å². The van der Waals surface area contributed by atoms with Crippen LogP contribution in [0.1, 0.15) is 34.6 Å². The van der Waals surface area contributed by atoms with Crippen molar-refractivity contribution in [2.45, 2.75) is 19.4 Å². The van der Waals surface area contributed by atoms with Crippen molar-refractivity contribution in [1.29, 1.82) is 0 Å². The summed E-state index contributed by atoms with van der Waals surface area (Å²) in [6.07, 6.45) is 0. The Hall–Kier alpha value is -1.88. The molecule has 0 saturated carbocycles. The van der Waals surface area contributed by atoms with Crippen molar-refractivity contribution in [3.63, 3.8) is 0 Å². The van der Waals surface area contributed by atoms with Gasteiger partial charge in [0.15, 0.2) is 0 Å². The molecule has 0 aromatic heterocycles. The first-order valence-corrected chi connectivity index (χ1v) is 6.02. The predicted molar refractivity (Wildman–Crippen MR) is 73.1 cm³/mol. The van der Waals surface area contributed by atoms with Crippen LogP contribution >= 0.6 is 0 Å². The fraction of sp³-hybridized carbons (Fsp3) is 0.429. The molecule has 0 unspecified atom stereocenters. The number of aliphatic hydroxyl groups is 1. The Balaban J connectivity index is 2.94. The molecule has 2 amide bonds. The normalized spacial score (nSPS) is 11.0. The number of rotatable bonds is 4. The maximum Gasteiger partial charge on any atom is 0.253 e. The number of amides is 2. The van der Waals surface area contributed by atoms with Crippen LogP contribution in [-0.2, 0) is 0 Å². The van der Waals surface area contributed by atoms with Crippen LogP contribution in [0.5, 0.6) is 0 Å². The molecular weight excluding hydrogens is 244 g/mol. The van der Waals surface area contributed by atoms with Crippen LogP contribution in [0.15, 0.2) is 24.3 Å². The summed E-state index contributed by atoms with van der Waals surface area (Å²) >= 11 is 0. The lowest BCUT2D eigenvalue weighted by Gasteiger charge is -2.23. The van der Waals surface area contributed by atoms with Crippen LogP contribution in [0.25, 0.3) is 0 Å². The van der Waals surface area contributed by atoms with Crippen molar-refractivity contribution in [1.82, 2.24) is 10.2 Å². The van der Waals surface area contributed by atoms with Crippen molar-refractivity contribution >= 4 is 11.8 Å². The predicted octanol–water partition coefficient (Wildman–Crippen LogP) is 0.889. The van der Waals surface area contributed by atoms with Crippen molar-refractivity contribution < 1.29 is 14.7 Å². The molecule has 0 atom stereocenters. The lowest BCUT2D eigenvalue weighted by molar-refractivity contribution is 0.0827. The van der Waals surface area contributed by atoms with Crippen molar-refractivity contribution in [2.75, 3.05) is 20.7 Å². The minimum atomic E-state index is -0.696. The summed E-state index contributed by atoms with van der Waals surface area (Å²) in [6.45, 7) is 3.29. The minimum Gasteiger partial charge on any atom is -0.394 e. The van der Waals surface area contributed by atoms with E-state index in [1.165, 1.54) is 4.90 Å². The van der Waals surface area contributed by atoms with E-state index in [2.05, 4.69) is 5.32 Å². The van der Waals surface area contributed by atoms with Gasteiger partial charge in [-0.1, -0.05) is 6.07 Å². The molecule has 0 bridgehead atoms. The van der Waals surface area contributed by atoms with E-state index in [0.717, 1.165) is 0 Å². The van der Waals surface area contributed by atoms with Crippen LogP contribution in [0.3, 0.4) is 0 Å². The topological polar surface area (TPSA) is 69.6 Å². The summed E-state index contributed by atoms with van der Waals surface area (Å²) < 4.78 is 0. The molecule has 0 aliphatic carbocycles. The summed E-state index contributed by atoms with van der Waals surface area (Å²) in [5, 5.41) is 11.8. The first-order valence-electron chi connectivity index (χ1n) is 6.02. The van der Waals surface area contributed by atoms with Crippen LogP contribution in [0.2, 0.25) is 0 Å². The molecule has 0 spiro atoms. The van der Waals surface area contributed by atoms with Crippen molar-refractivity contribution in [3.8, 4) is 0 Å². The van der Waals surface area contributed by atoms with E-state index >= 15 is 0 Å². The number of carbonyl (C=O) groups is 2. The van der Waals surface area contributed by atoms with E-state index in [4.69, 9.17) is 5.11 Å². The highest BCUT2D eigenvalue weighted by Crippen LogP contribution is 2.09. The van der Waals surface area contributed by atoms with Gasteiger partial charge in [0.2, 0.25) is 0 Å². The average Bonchev–Trinajstić information content (AvgIpc) is 2.37. The highest BCUT2D eigenvalue weighted by Gasteiger charge is 2.20. The van der Waals surface area contributed by atoms with Crippen molar-refractivity contribution in [3.05, 3.63) is 35.4 Å². The van der Waals surface area contributed by atoms with Crippen molar-refractivity contribution in [2.24, 2.45) is 0 Å². The van der Waals surface area contributed by atoms with Gasteiger partial charge in [-0.05, 0) is 32.0 Å². The second kappa shape index (κ2) is 5.84. The van der Waals surface area contributed by atoms with E-state index in [-0.39, 0.29) is 18.4 Å². The third-order valence-electron chi connectivity index (χ3n) is 2.63. The smallest absolute Gasteiger partial charge is 0.253 e. The van der Waals surface area contributed by atoms with Crippen LogP contribution < -0.4 is 5.32 Å². The molecule has 5 nitrogen and oxygen atoms in total. The number of nitrogens with one attached hydrogen (secondary N) is 1. The van der Waals surface area contributed by atoms with E-state index in [1.54, 1.807) is 52.2 Å². The van der Waals surface area contributed by atoms with E-state index in [1.807, 2.05) is 0 Å². The number of benzene rings is 1. The molecule has 0 heterocycles. The zero-order chi connectivity index (χ0) is 14.6. The molecule has 19 heavy (non-hydrogen) atoms. The van der Waals surface area contributed by atoms with Gasteiger partial charge < -0.3 is 15.3 Å². The molecule has 0 radical (unpaired) electrons. The largest absolute Gasteiger partial charge is 0.394 e. The Morgan fingerprint density at radius 2 is 1.84 bits per heavy atom. The maximum absolute atomic E-state index is 12.0. The Kier molecular flexibility index (Phi) is 4.67. The zero-order valence-electron chi connectivity index (χ0n) is 11.7. The highest BCUT2D eigenvalue weighted by molar-refractivity contribution is 5.99. The summed E-state index contributed by atoms with van der Waals surface area (Å²) in [5.74, 6) is -0.469. The molecule has 2 N–H and O–H groups in total. The summed E-state index contributed by atoms with van der Waals surface area (Å²) in [4.78, 5) is 25.3. The van der Waals surface area contributed by atoms with Gasteiger partial charge >= 0.3 is 0 Å². The van der Waals surface area contributed by atoms with E-state index in [0.29, 0.717) is 11.1 Å². The highest BCUT2D eigenvalue weighted by atomic mass is 16.3. The maximum atomic E-state index is 12.0. The van der Waals surface area contributed by atoms with Gasteiger partial charge in [0.25, 0.3) is 11.8 Å². The Morgan fingerprint density at radius 3 is 2.37 bits per heavy atom. The molecule has 0 saturated heterocycles. The second-order valence-corrected chi connectivity index (χ2v) is 5.28. The minimum absolute atomic E-state index is 0.156. The quantitative estimate of drug-likeness (QED) is 0.848. The van der Waals surface area contributed by atoms with Gasteiger partial charge in [-0.2, -0.15) is 0 Å².